The summed E-state index contributed by atoms with van der Waals surface area (Å²) < 4.78 is 0. The summed E-state index contributed by atoms with van der Waals surface area (Å²) in [7, 11) is 0. The van der Waals surface area contributed by atoms with E-state index >= 15 is 0 Å². The highest BCUT2D eigenvalue weighted by atomic mass is 15.1. The second-order valence-corrected chi connectivity index (χ2v) is 5.72. The first-order chi connectivity index (χ1) is 8.05. The van der Waals surface area contributed by atoms with Crippen molar-refractivity contribution in [2.24, 2.45) is 5.73 Å². The number of hydrogen-bond donors (Lipinski definition) is 1. The molecule has 2 rings (SSSR count). The lowest BCUT2D eigenvalue weighted by molar-refractivity contribution is 0.343. The molecule has 0 saturated carbocycles. The average molecular weight is 232 g/mol. The van der Waals surface area contributed by atoms with Crippen molar-refractivity contribution >= 4 is 0 Å². The highest BCUT2D eigenvalue weighted by Crippen LogP contribution is 2.17. The van der Waals surface area contributed by atoms with Crippen LogP contribution < -0.4 is 5.73 Å². The van der Waals surface area contributed by atoms with Crippen molar-refractivity contribution in [3.05, 3.63) is 35.4 Å². The second-order valence-electron chi connectivity index (χ2n) is 5.72. The van der Waals surface area contributed by atoms with Gasteiger partial charge >= 0.3 is 0 Å². The molecule has 1 aliphatic rings. The van der Waals surface area contributed by atoms with E-state index in [9.17, 15) is 0 Å². The van der Waals surface area contributed by atoms with Crippen molar-refractivity contribution in [3.63, 3.8) is 0 Å². The molecule has 0 aromatic heterocycles. The number of benzene rings is 1. The minimum Gasteiger partial charge on any atom is -0.322 e. The van der Waals surface area contributed by atoms with Crippen molar-refractivity contribution in [1.29, 1.82) is 0 Å². The Morgan fingerprint density at radius 1 is 1.12 bits per heavy atom. The number of rotatable bonds is 4. The first-order valence-corrected chi connectivity index (χ1v) is 6.66. The molecule has 2 heteroatoms. The summed E-state index contributed by atoms with van der Waals surface area (Å²) in [5, 5.41) is 0. The molecule has 1 aromatic rings. The van der Waals surface area contributed by atoms with E-state index in [4.69, 9.17) is 5.73 Å². The van der Waals surface area contributed by atoms with Crippen LogP contribution in [-0.4, -0.2) is 24.5 Å². The standard InChI is InChI=1S/C15H24N2/c1-15(2,16)14-7-5-13(6-8-14)9-12-17-10-3-4-11-17/h5-8H,3-4,9-12,16H2,1-2H3. The van der Waals surface area contributed by atoms with Gasteiger partial charge in [-0.05, 0) is 57.3 Å². The maximum Gasteiger partial charge on any atom is 0.0352 e. The summed E-state index contributed by atoms with van der Waals surface area (Å²) in [6, 6.07) is 8.78. The van der Waals surface area contributed by atoms with Crippen LogP contribution in [0.5, 0.6) is 0 Å². The number of hydrogen-bond acceptors (Lipinski definition) is 2. The summed E-state index contributed by atoms with van der Waals surface area (Å²) in [5.41, 5.74) is 8.48. The van der Waals surface area contributed by atoms with Gasteiger partial charge in [0.1, 0.15) is 0 Å². The Hall–Kier alpha value is -0.860. The van der Waals surface area contributed by atoms with Crippen LogP contribution in [0, 0.1) is 0 Å². The average Bonchev–Trinajstić information content (AvgIpc) is 2.78. The van der Waals surface area contributed by atoms with Crippen LogP contribution in [0.1, 0.15) is 37.8 Å². The molecule has 1 aromatic carbocycles. The Balaban J connectivity index is 1.89. The smallest absolute Gasteiger partial charge is 0.0352 e. The normalized spacial score (nSPS) is 17.6. The van der Waals surface area contributed by atoms with Gasteiger partial charge in [-0.1, -0.05) is 24.3 Å². The Labute approximate surface area is 105 Å². The molecule has 2 nitrogen and oxygen atoms in total. The van der Waals surface area contributed by atoms with Crippen LogP contribution in [0.15, 0.2) is 24.3 Å². The molecule has 0 radical (unpaired) electrons. The largest absolute Gasteiger partial charge is 0.322 e. The Morgan fingerprint density at radius 2 is 1.71 bits per heavy atom. The molecule has 1 aliphatic heterocycles. The van der Waals surface area contributed by atoms with Gasteiger partial charge in [-0.15, -0.1) is 0 Å². The van der Waals surface area contributed by atoms with E-state index in [2.05, 4.69) is 29.2 Å². The van der Waals surface area contributed by atoms with Gasteiger partial charge in [0.25, 0.3) is 0 Å². The van der Waals surface area contributed by atoms with E-state index < -0.39 is 0 Å². The first-order valence-electron chi connectivity index (χ1n) is 6.66. The van der Waals surface area contributed by atoms with Gasteiger partial charge in [-0.3, -0.25) is 0 Å². The van der Waals surface area contributed by atoms with Crippen LogP contribution in [0.2, 0.25) is 0 Å². The van der Waals surface area contributed by atoms with Crippen molar-refractivity contribution < 1.29 is 0 Å². The lowest BCUT2D eigenvalue weighted by atomic mass is 9.94. The van der Waals surface area contributed by atoms with Crippen LogP contribution in [-0.2, 0) is 12.0 Å². The molecule has 2 N–H and O–H groups in total. The fourth-order valence-electron chi connectivity index (χ4n) is 2.39. The Morgan fingerprint density at radius 3 is 2.24 bits per heavy atom. The molecule has 1 fully saturated rings. The zero-order valence-electron chi connectivity index (χ0n) is 11.1. The summed E-state index contributed by atoms with van der Waals surface area (Å²) >= 11 is 0. The summed E-state index contributed by atoms with van der Waals surface area (Å²) in [6.07, 6.45) is 3.91. The first kappa shape index (κ1) is 12.6. The molecular formula is C15H24N2. The number of nitrogens with two attached hydrogens (primary N) is 1. The zero-order chi connectivity index (χ0) is 12.3. The molecule has 0 unspecified atom stereocenters. The van der Waals surface area contributed by atoms with E-state index in [1.165, 1.54) is 43.6 Å². The Kier molecular flexibility index (Phi) is 3.85. The molecule has 0 atom stereocenters. The highest BCUT2D eigenvalue weighted by molar-refractivity contribution is 5.27. The third-order valence-corrected chi connectivity index (χ3v) is 3.61. The minimum absolute atomic E-state index is 0.229. The van der Waals surface area contributed by atoms with Gasteiger partial charge < -0.3 is 10.6 Å². The van der Waals surface area contributed by atoms with Crippen LogP contribution in [0.3, 0.4) is 0 Å². The van der Waals surface area contributed by atoms with Crippen molar-refractivity contribution in [3.8, 4) is 0 Å². The zero-order valence-corrected chi connectivity index (χ0v) is 11.1. The van der Waals surface area contributed by atoms with Crippen molar-refractivity contribution in [1.82, 2.24) is 4.90 Å². The molecule has 0 aliphatic carbocycles. The number of nitrogens with zero attached hydrogens (tertiary/aromatic N) is 1. The summed E-state index contributed by atoms with van der Waals surface area (Å²) in [5.74, 6) is 0. The van der Waals surface area contributed by atoms with Crippen LogP contribution in [0.4, 0.5) is 0 Å². The molecular weight excluding hydrogens is 208 g/mol. The second kappa shape index (κ2) is 5.19. The predicted molar refractivity (Wildman–Crippen MR) is 73.0 cm³/mol. The van der Waals surface area contributed by atoms with Crippen molar-refractivity contribution in [2.45, 2.75) is 38.6 Å². The lowest BCUT2D eigenvalue weighted by Crippen LogP contribution is -2.28. The maximum atomic E-state index is 6.07. The van der Waals surface area contributed by atoms with Crippen molar-refractivity contribution in [2.75, 3.05) is 19.6 Å². The van der Waals surface area contributed by atoms with Gasteiger partial charge in [-0.2, -0.15) is 0 Å². The molecule has 1 saturated heterocycles. The molecule has 94 valence electrons. The third-order valence-electron chi connectivity index (χ3n) is 3.61. The number of likely N-dealkylation sites (tertiary alicyclic amines) is 1. The fourth-order valence-corrected chi connectivity index (χ4v) is 2.39. The predicted octanol–water partition coefficient (Wildman–Crippen LogP) is 2.52. The SMILES string of the molecule is CC(C)(N)c1ccc(CCN2CCCC2)cc1. The molecule has 1 heterocycles. The Bertz CT molecular complexity index is 342. The van der Waals surface area contributed by atoms with E-state index in [0.29, 0.717) is 0 Å². The van der Waals surface area contributed by atoms with E-state index in [0.717, 1.165) is 6.42 Å². The summed E-state index contributed by atoms with van der Waals surface area (Å²) in [6.45, 7) is 7.87. The van der Waals surface area contributed by atoms with Gasteiger partial charge in [0.2, 0.25) is 0 Å². The molecule has 0 bridgehead atoms. The van der Waals surface area contributed by atoms with Gasteiger partial charge in [0.15, 0.2) is 0 Å². The third kappa shape index (κ3) is 3.55. The maximum absolute atomic E-state index is 6.07. The van der Waals surface area contributed by atoms with E-state index in [1.54, 1.807) is 0 Å². The molecule has 0 amide bonds. The molecule has 0 spiro atoms. The van der Waals surface area contributed by atoms with Gasteiger partial charge in [-0.25, -0.2) is 0 Å². The minimum atomic E-state index is -0.229. The highest BCUT2D eigenvalue weighted by Gasteiger charge is 2.14. The van der Waals surface area contributed by atoms with E-state index in [1.807, 2.05) is 13.8 Å². The van der Waals surface area contributed by atoms with Gasteiger partial charge in [0.05, 0.1) is 0 Å². The topological polar surface area (TPSA) is 29.3 Å². The monoisotopic (exact) mass is 232 g/mol. The molecule has 17 heavy (non-hydrogen) atoms. The summed E-state index contributed by atoms with van der Waals surface area (Å²) in [4.78, 5) is 2.56. The quantitative estimate of drug-likeness (QED) is 0.864. The van der Waals surface area contributed by atoms with Crippen LogP contribution >= 0.6 is 0 Å². The lowest BCUT2D eigenvalue weighted by Gasteiger charge is -2.19. The van der Waals surface area contributed by atoms with E-state index in [-0.39, 0.29) is 5.54 Å². The van der Waals surface area contributed by atoms with Crippen LogP contribution in [0.25, 0.3) is 0 Å². The van der Waals surface area contributed by atoms with Gasteiger partial charge in [0, 0.05) is 12.1 Å². The fraction of sp³-hybridized carbons (Fsp3) is 0.600.